The molecule has 1 heterocycles. The number of nitrogens with zero attached hydrogens (tertiary/aromatic N) is 1. The quantitative estimate of drug-likeness (QED) is 0.379. The van der Waals surface area contributed by atoms with Gasteiger partial charge in [0, 0.05) is 6.54 Å². The number of hydrogen-bond acceptors (Lipinski definition) is 5. The maximum absolute atomic E-state index is 13.0. The third kappa shape index (κ3) is 7.48. The van der Waals surface area contributed by atoms with Gasteiger partial charge in [-0.15, -0.1) is 0 Å². The van der Waals surface area contributed by atoms with E-state index in [0.29, 0.717) is 19.4 Å². The molecule has 1 fully saturated rings. The van der Waals surface area contributed by atoms with Crippen LogP contribution >= 0.6 is 0 Å². The summed E-state index contributed by atoms with van der Waals surface area (Å²) in [6, 6.07) is -3.27. The number of nitrogens with one attached hydrogen (secondary N) is 2. The van der Waals surface area contributed by atoms with E-state index in [4.69, 9.17) is 5.73 Å². The van der Waals surface area contributed by atoms with Crippen molar-refractivity contribution in [2.45, 2.75) is 91.4 Å². The number of likely N-dealkylation sites (tertiary alicyclic amines) is 1. The van der Waals surface area contributed by atoms with Crippen molar-refractivity contribution in [3.63, 3.8) is 0 Å². The normalized spacial score (nSPS) is 20.3. The Balaban J connectivity index is 2.89. The zero-order valence-electron chi connectivity index (χ0n) is 19.7. The van der Waals surface area contributed by atoms with Crippen molar-refractivity contribution in [3.05, 3.63) is 0 Å². The van der Waals surface area contributed by atoms with Crippen LogP contribution in [0.5, 0.6) is 0 Å². The molecule has 9 nitrogen and oxygen atoms in total. The van der Waals surface area contributed by atoms with Gasteiger partial charge in [0.25, 0.3) is 0 Å². The number of carbonyl (C=O) groups is 4. The summed E-state index contributed by atoms with van der Waals surface area (Å²) < 4.78 is 0. The first kappa shape index (κ1) is 26.9. The summed E-state index contributed by atoms with van der Waals surface area (Å²) in [4.78, 5) is 51.6. The highest BCUT2D eigenvalue weighted by atomic mass is 16.4. The van der Waals surface area contributed by atoms with E-state index in [1.54, 1.807) is 13.8 Å². The van der Waals surface area contributed by atoms with Crippen molar-refractivity contribution in [3.8, 4) is 0 Å². The topological polar surface area (TPSA) is 142 Å². The molecule has 0 aromatic heterocycles. The van der Waals surface area contributed by atoms with Crippen LogP contribution in [0.25, 0.3) is 0 Å². The van der Waals surface area contributed by atoms with Gasteiger partial charge in [0.2, 0.25) is 17.7 Å². The molecule has 0 saturated carbocycles. The zero-order chi connectivity index (χ0) is 23.9. The Morgan fingerprint density at radius 2 is 1.71 bits per heavy atom. The molecule has 1 saturated heterocycles. The van der Waals surface area contributed by atoms with Crippen molar-refractivity contribution in [2.75, 3.05) is 6.54 Å². The first-order valence-corrected chi connectivity index (χ1v) is 11.3. The van der Waals surface area contributed by atoms with Crippen LogP contribution in [0.2, 0.25) is 0 Å². The van der Waals surface area contributed by atoms with Gasteiger partial charge in [-0.25, -0.2) is 4.79 Å². The highest BCUT2D eigenvalue weighted by Gasteiger charge is 2.39. The Hall–Kier alpha value is -2.16. The van der Waals surface area contributed by atoms with Gasteiger partial charge in [0.05, 0.1) is 6.04 Å². The molecule has 1 aliphatic rings. The fraction of sp³-hybridized carbons (Fsp3) is 0.818. The highest BCUT2D eigenvalue weighted by Crippen LogP contribution is 2.21. The Morgan fingerprint density at radius 3 is 2.19 bits per heavy atom. The van der Waals surface area contributed by atoms with Crippen LogP contribution in [-0.4, -0.2) is 64.4 Å². The molecule has 5 N–H and O–H groups in total. The van der Waals surface area contributed by atoms with Crippen molar-refractivity contribution in [1.29, 1.82) is 0 Å². The van der Waals surface area contributed by atoms with Gasteiger partial charge in [0.15, 0.2) is 0 Å². The summed E-state index contributed by atoms with van der Waals surface area (Å²) in [5, 5.41) is 14.7. The molecule has 0 spiro atoms. The number of nitrogens with two attached hydrogens (primary N) is 1. The minimum atomic E-state index is -1.11. The molecule has 1 rings (SSSR count). The average molecular weight is 441 g/mol. The number of hydrogen-bond donors (Lipinski definition) is 4. The number of rotatable bonds is 11. The number of carboxylic acid groups (broad SMARTS) is 1. The standard InChI is InChI=1S/C22H40N4O5/c1-7-14(6)17(23)21(29)26-10-8-9-16(26)19(27)25-18(13(4)5)20(28)24-15(22(30)31)11-12(2)3/h12-18H,7-11,23H2,1-6H3,(H,24,28)(H,25,27)(H,30,31). The molecule has 5 unspecified atom stereocenters. The van der Waals surface area contributed by atoms with Crippen molar-refractivity contribution >= 4 is 23.7 Å². The lowest BCUT2D eigenvalue weighted by molar-refractivity contribution is -0.144. The summed E-state index contributed by atoms with van der Waals surface area (Å²) in [5.74, 6) is -2.48. The predicted octanol–water partition coefficient (Wildman–Crippen LogP) is 1.11. The Kier molecular flexibility index (Phi) is 10.4. The third-order valence-corrected chi connectivity index (χ3v) is 5.95. The molecule has 0 aromatic rings. The lowest BCUT2D eigenvalue weighted by Gasteiger charge is -2.31. The fourth-order valence-electron chi connectivity index (χ4n) is 3.73. The maximum atomic E-state index is 13.0. The van der Waals surface area contributed by atoms with Gasteiger partial charge < -0.3 is 26.4 Å². The van der Waals surface area contributed by atoms with Gasteiger partial charge in [-0.05, 0) is 37.0 Å². The predicted molar refractivity (Wildman–Crippen MR) is 118 cm³/mol. The number of carbonyl (C=O) groups excluding carboxylic acids is 3. The molecule has 0 radical (unpaired) electrons. The van der Waals surface area contributed by atoms with Gasteiger partial charge in [-0.3, -0.25) is 14.4 Å². The molecule has 0 aliphatic carbocycles. The van der Waals surface area contributed by atoms with E-state index in [0.717, 1.165) is 6.42 Å². The molecule has 5 atom stereocenters. The van der Waals surface area contributed by atoms with E-state index in [-0.39, 0.29) is 30.1 Å². The number of carboxylic acids is 1. The number of aliphatic carboxylic acids is 1. The van der Waals surface area contributed by atoms with Crippen molar-refractivity contribution in [2.24, 2.45) is 23.5 Å². The average Bonchev–Trinajstić information content (AvgIpc) is 3.18. The lowest BCUT2D eigenvalue weighted by Crippen LogP contribution is -2.58. The SMILES string of the molecule is CCC(C)C(N)C(=O)N1CCCC1C(=O)NC(C(=O)NC(CC(C)C)C(=O)O)C(C)C. The first-order chi connectivity index (χ1) is 14.4. The molecule has 178 valence electrons. The molecule has 3 amide bonds. The van der Waals surface area contributed by atoms with Crippen LogP contribution in [0.4, 0.5) is 0 Å². The molecular formula is C22H40N4O5. The van der Waals surface area contributed by atoms with Gasteiger partial charge in [-0.1, -0.05) is 48.0 Å². The second-order valence-electron chi connectivity index (χ2n) is 9.36. The molecule has 9 heteroatoms. The summed E-state index contributed by atoms with van der Waals surface area (Å²) >= 11 is 0. The van der Waals surface area contributed by atoms with Crippen LogP contribution in [0.15, 0.2) is 0 Å². The fourth-order valence-corrected chi connectivity index (χ4v) is 3.73. The second kappa shape index (κ2) is 12.0. The largest absolute Gasteiger partial charge is 0.480 e. The summed E-state index contributed by atoms with van der Waals surface area (Å²) in [6.07, 6.45) is 2.24. The lowest BCUT2D eigenvalue weighted by atomic mass is 9.98. The number of amides is 3. The second-order valence-corrected chi connectivity index (χ2v) is 9.36. The molecule has 31 heavy (non-hydrogen) atoms. The summed E-state index contributed by atoms with van der Waals surface area (Å²) in [5.41, 5.74) is 6.09. The van der Waals surface area contributed by atoms with Crippen LogP contribution in [0, 0.1) is 17.8 Å². The van der Waals surface area contributed by atoms with Crippen LogP contribution < -0.4 is 16.4 Å². The maximum Gasteiger partial charge on any atom is 0.326 e. The van der Waals surface area contributed by atoms with Gasteiger partial charge in [-0.2, -0.15) is 0 Å². The van der Waals surface area contributed by atoms with Crippen molar-refractivity contribution < 1.29 is 24.3 Å². The molecular weight excluding hydrogens is 400 g/mol. The van der Waals surface area contributed by atoms with E-state index in [2.05, 4.69) is 10.6 Å². The van der Waals surface area contributed by atoms with Crippen molar-refractivity contribution in [1.82, 2.24) is 15.5 Å². The molecule has 0 bridgehead atoms. The smallest absolute Gasteiger partial charge is 0.326 e. The van der Waals surface area contributed by atoms with Gasteiger partial charge >= 0.3 is 5.97 Å². The van der Waals surface area contributed by atoms with Crippen LogP contribution in [0.3, 0.4) is 0 Å². The van der Waals surface area contributed by atoms with E-state index < -0.39 is 42.0 Å². The van der Waals surface area contributed by atoms with Crippen LogP contribution in [0.1, 0.15) is 67.2 Å². The zero-order valence-corrected chi connectivity index (χ0v) is 19.7. The third-order valence-electron chi connectivity index (χ3n) is 5.95. The Morgan fingerprint density at radius 1 is 1.10 bits per heavy atom. The summed E-state index contributed by atoms with van der Waals surface area (Å²) in [6.45, 7) is 11.6. The van der Waals surface area contributed by atoms with E-state index in [1.807, 2.05) is 27.7 Å². The Bertz CT molecular complexity index is 652. The summed E-state index contributed by atoms with van der Waals surface area (Å²) in [7, 11) is 0. The molecule has 0 aromatic carbocycles. The monoisotopic (exact) mass is 440 g/mol. The first-order valence-electron chi connectivity index (χ1n) is 11.3. The van der Waals surface area contributed by atoms with Crippen LogP contribution in [-0.2, 0) is 19.2 Å². The highest BCUT2D eigenvalue weighted by molar-refractivity contribution is 5.94. The van der Waals surface area contributed by atoms with E-state index >= 15 is 0 Å². The van der Waals surface area contributed by atoms with E-state index in [1.165, 1.54) is 4.90 Å². The molecule has 1 aliphatic heterocycles. The minimum Gasteiger partial charge on any atom is -0.480 e. The minimum absolute atomic E-state index is 0.0000825. The Labute approximate surface area is 185 Å². The van der Waals surface area contributed by atoms with E-state index in [9.17, 15) is 24.3 Å². The van der Waals surface area contributed by atoms with Gasteiger partial charge in [0.1, 0.15) is 18.1 Å².